The Morgan fingerprint density at radius 2 is 2.13 bits per heavy atom. The second-order valence-corrected chi connectivity index (χ2v) is 6.58. The molecule has 12 heteroatoms. The van der Waals surface area contributed by atoms with E-state index in [-0.39, 0.29) is 36.1 Å². The molecule has 0 aliphatic rings. The number of nitrogens with one attached hydrogen (secondary N) is 2. The molecule has 12 nitrogen and oxygen atoms in total. The monoisotopic (exact) mass is 415 g/mol. The fraction of sp³-hybridized carbons (Fsp3) is 0.333. The summed E-state index contributed by atoms with van der Waals surface area (Å²) in [6.45, 7) is 4.36. The molecule has 0 fully saturated rings. The van der Waals surface area contributed by atoms with Crippen LogP contribution in [0.2, 0.25) is 0 Å². The van der Waals surface area contributed by atoms with E-state index in [2.05, 4.69) is 20.8 Å². The topological polar surface area (TPSA) is 150 Å². The summed E-state index contributed by atoms with van der Waals surface area (Å²) in [7, 11) is 0. The maximum Gasteiger partial charge on any atom is 0.306 e. The van der Waals surface area contributed by atoms with Crippen LogP contribution >= 0.6 is 0 Å². The molecule has 2 amide bonds. The molecule has 0 aliphatic carbocycles. The summed E-state index contributed by atoms with van der Waals surface area (Å²) in [6, 6.07) is 3.45. The highest BCUT2D eigenvalue weighted by Crippen LogP contribution is 2.17. The molecule has 3 aromatic rings. The van der Waals surface area contributed by atoms with Crippen LogP contribution in [0.15, 0.2) is 41.4 Å². The summed E-state index contributed by atoms with van der Waals surface area (Å²) >= 11 is 0. The van der Waals surface area contributed by atoms with E-state index in [0.29, 0.717) is 12.3 Å². The van der Waals surface area contributed by atoms with Crippen molar-refractivity contribution < 1.29 is 18.9 Å². The Bertz CT molecular complexity index is 1040. The fourth-order valence-corrected chi connectivity index (χ4v) is 2.67. The number of nitrogens with zero attached hydrogens (tertiary/aromatic N) is 5. The fourth-order valence-electron chi connectivity index (χ4n) is 2.67. The van der Waals surface area contributed by atoms with Gasteiger partial charge < -0.3 is 15.1 Å². The van der Waals surface area contributed by atoms with Crippen molar-refractivity contribution in [2.24, 2.45) is 5.92 Å². The normalized spacial score (nSPS) is 11.8. The number of anilines is 1. The summed E-state index contributed by atoms with van der Waals surface area (Å²) in [6.07, 6.45) is 5.46. The van der Waals surface area contributed by atoms with Crippen LogP contribution in [0.3, 0.4) is 0 Å². The zero-order chi connectivity index (χ0) is 21.7. The lowest BCUT2D eigenvalue weighted by atomic mass is 10.1. The van der Waals surface area contributed by atoms with Gasteiger partial charge in [-0.3, -0.25) is 29.1 Å². The van der Waals surface area contributed by atoms with Crippen LogP contribution in [0.5, 0.6) is 0 Å². The Balaban J connectivity index is 1.66. The molecule has 0 spiro atoms. The molecule has 0 saturated heterocycles. The standard InChI is InChI=1S/C18H21N7O5/c1-3-23-11-15(16(22-23)18(27)19-8-14-5-4-6-30-14)21-17(26)12(2)9-24-10-13(7-20-24)25(28)29/h4-7,10-12H,3,8-9H2,1-2H3,(H,19,27)(H,21,26). The zero-order valence-corrected chi connectivity index (χ0v) is 16.4. The number of nitro groups is 1. The Hall–Kier alpha value is -3.96. The molecule has 2 N–H and O–H groups in total. The first-order valence-electron chi connectivity index (χ1n) is 9.23. The van der Waals surface area contributed by atoms with Crippen molar-refractivity contribution >= 4 is 23.2 Å². The van der Waals surface area contributed by atoms with Crippen LogP contribution in [0.25, 0.3) is 0 Å². The highest BCUT2D eigenvalue weighted by Gasteiger charge is 2.22. The van der Waals surface area contributed by atoms with Crippen molar-refractivity contribution in [2.45, 2.75) is 33.5 Å². The van der Waals surface area contributed by atoms with Gasteiger partial charge in [0.1, 0.15) is 18.2 Å². The lowest BCUT2D eigenvalue weighted by Crippen LogP contribution is -2.27. The van der Waals surface area contributed by atoms with E-state index >= 15 is 0 Å². The highest BCUT2D eigenvalue weighted by atomic mass is 16.6. The third kappa shape index (κ3) is 4.90. The largest absolute Gasteiger partial charge is 0.467 e. The Morgan fingerprint density at radius 3 is 2.77 bits per heavy atom. The van der Waals surface area contributed by atoms with Crippen molar-refractivity contribution in [2.75, 3.05) is 5.32 Å². The van der Waals surface area contributed by atoms with Crippen LogP contribution in [-0.2, 0) is 24.4 Å². The van der Waals surface area contributed by atoms with Gasteiger partial charge in [0.25, 0.3) is 5.91 Å². The molecule has 1 atom stereocenters. The van der Waals surface area contributed by atoms with Crippen LogP contribution in [0.1, 0.15) is 30.1 Å². The number of hydrogen-bond donors (Lipinski definition) is 2. The van der Waals surface area contributed by atoms with Gasteiger partial charge in [-0.15, -0.1) is 0 Å². The van der Waals surface area contributed by atoms with Gasteiger partial charge in [0, 0.05) is 12.7 Å². The number of rotatable bonds is 9. The first kappa shape index (κ1) is 20.8. The van der Waals surface area contributed by atoms with Gasteiger partial charge in [-0.2, -0.15) is 10.2 Å². The van der Waals surface area contributed by atoms with Gasteiger partial charge in [0.15, 0.2) is 5.69 Å². The van der Waals surface area contributed by atoms with Gasteiger partial charge in [-0.1, -0.05) is 6.92 Å². The van der Waals surface area contributed by atoms with E-state index in [1.807, 2.05) is 6.92 Å². The van der Waals surface area contributed by atoms with Crippen molar-refractivity contribution in [1.29, 1.82) is 0 Å². The van der Waals surface area contributed by atoms with Crippen molar-refractivity contribution in [3.63, 3.8) is 0 Å². The Morgan fingerprint density at radius 1 is 1.33 bits per heavy atom. The lowest BCUT2D eigenvalue weighted by Gasteiger charge is -2.12. The van der Waals surface area contributed by atoms with Gasteiger partial charge >= 0.3 is 5.69 Å². The molecule has 0 radical (unpaired) electrons. The molecular weight excluding hydrogens is 394 g/mol. The maximum atomic E-state index is 12.6. The molecule has 3 aromatic heterocycles. The number of aromatic nitrogens is 4. The molecule has 0 saturated carbocycles. The van der Waals surface area contributed by atoms with E-state index in [4.69, 9.17) is 4.42 Å². The van der Waals surface area contributed by atoms with E-state index in [0.717, 1.165) is 6.20 Å². The predicted molar refractivity (Wildman–Crippen MR) is 104 cm³/mol. The zero-order valence-electron chi connectivity index (χ0n) is 16.4. The van der Waals surface area contributed by atoms with Gasteiger partial charge in [-0.25, -0.2) is 0 Å². The quantitative estimate of drug-likeness (QED) is 0.399. The molecule has 3 heterocycles. The summed E-state index contributed by atoms with van der Waals surface area (Å²) < 4.78 is 8.05. The Labute approximate surface area is 171 Å². The first-order valence-corrected chi connectivity index (χ1v) is 9.23. The highest BCUT2D eigenvalue weighted by molar-refractivity contribution is 6.02. The molecule has 0 aromatic carbocycles. The van der Waals surface area contributed by atoms with Gasteiger partial charge in [0.05, 0.1) is 35.9 Å². The first-order chi connectivity index (χ1) is 14.4. The van der Waals surface area contributed by atoms with E-state index in [9.17, 15) is 19.7 Å². The number of carbonyl (C=O) groups excluding carboxylic acids is 2. The minimum absolute atomic E-state index is 0.0821. The van der Waals surface area contributed by atoms with Crippen molar-refractivity contribution in [3.8, 4) is 0 Å². The van der Waals surface area contributed by atoms with Crippen LogP contribution in [0, 0.1) is 16.0 Å². The van der Waals surface area contributed by atoms with E-state index < -0.39 is 16.7 Å². The van der Waals surface area contributed by atoms with Crippen molar-refractivity contribution in [3.05, 3.63) is 58.6 Å². The molecule has 3 rings (SSSR count). The number of carbonyl (C=O) groups is 2. The summed E-state index contributed by atoms with van der Waals surface area (Å²) in [5.41, 5.74) is 0.207. The molecule has 1 unspecified atom stereocenters. The second-order valence-electron chi connectivity index (χ2n) is 6.58. The maximum absolute atomic E-state index is 12.6. The Kier molecular flexibility index (Phi) is 6.25. The molecule has 0 aliphatic heterocycles. The predicted octanol–water partition coefficient (Wildman–Crippen LogP) is 1.81. The molecule has 158 valence electrons. The third-order valence-corrected chi connectivity index (χ3v) is 4.30. The minimum Gasteiger partial charge on any atom is -0.467 e. The number of hydrogen-bond acceptors (Lipinski definition) is 7. The summed E-state index contributed by atoms with van der Waals surface area (Å²) in [4.78, 5) is 35.3. The number of furan rings is 1. The van der Waals surface area contributed by atoms with Crippen LogP contribution in [0.4, 0.5) is 11.4 Å². The summed E-state index contributed by atoms with van der Waals surface area (Å²) in [5, 5.41) is 24.3. The van der Waals surface area contributed by atoms with Crippen LogP contribution < -0.4 is 10.6 Å². The number of aryl methyl sites for hydroxylation is 1. The van der Waals surface area contributed by atoms with E-state index in [1.54, 1.807) is 29.9 Å². The SMILES string of the molecule is CCn1cc(NC(=O)C(C)Cn2cc([N+](=O)[O-])cn2)c(C(=O)NCc2ccco2)n1. The number of amides is 2. The van der Waals surface area contributed by atoms with Crippen molar-refractivity contribution in [1.82, 2.24) is 24.9 Å². The molecule has 30 heavy (non-hydrogen) atoms. The minimum atomic E-state index is -0.562. The van der Waals surface area contributed by atoms with E-state index in [1.165, 1.54) is 17.1 Å². The summed E-state index contributed by atoms with van der Waals surface area (Å²) in [5.74, 6) is -0.799. The smallest absolute Gasteiger partial charge is 0.306 e. The van der Waals surface area contributed by atoms with Gasteiger partial charge in [-0.05, 0) is 19.1 Å². The van der Waals surface area contributed by atoms with Gasteiger partial charge in [0.2, 0.25) is 5.91 Å². The lowest BCUT2D eigenvalue weighted by molar-refractivity contribution is -0.385. The average Bonchev–Trinajstić information content (AvgIpc) is 3.46. The van der Waals surface area contributed by atoms with Crippen LogP contribution in [-0.4, -0.2) is 36.3 Å². The second kappa shape index (κ2) is 9.03. The average molecular weight is 415 g/mol. The molecule has 0 bridgehead atoms. The third-order valence-electron chi connectivity index (χ3n) is 4.30. The molecular formula is C18H21N7O5.